The van der Waals surface area contributed by atoms with Crippen molar-refractivity contribution in [2.75, 3.05) is 5.32 Å². The van der Waals surface area contributed by atoms with E-state index in [4.69, 9.17) is 0 Å². The second-order valence-corrected chi connectivity index (χ2v) is 7.38. The highest BCUT2D eigenvalue weighted by Gasteiger charge is 2.37. The van der Waals surface area contributed by atoms with Crippen LogP contribution >= 0.6 is 11.3 Å². The number of aryl methyl sites for hydroxylation is 1. The number of fused-ring (bicyclic) bond motifs is 1. The first-order valence-corrected chi connectivity index (χ1v) is 8.44. The lowest BCUT2D eigenvalue weighted by molar-refractivity contribution is 0.0940. The first-order valence-electron chi connectivity index (χ1n) is 7.62. The quantitative estimate of drug-likeness (QED) is 0.768. The molecule has 0 radical (unpaired) electrons. The van der Waals surface area contributed by atoms with Crippen molar-refractivity contribution in [1.29, 1.82) is 0 Å². The fourth-order valence-electron chi connectivity index (χ4n) is 2.85. The summed E-state index contributed by atoms with van der Waals surface area (Å²) in [5, 5.41) is 10.4. The van der Waals surface area contributed by atoms with Crippen LogP contribution in [0.2, 0.25) is 0 Å². The molecule has 0 aliphatic carbocycles. The molecule has 0 bridgehead atoms. The van der Waals surface area contributed by atoms with Crippen LogP contribution in [0.4, 0.5) is 11.6 Å². The molecule has 0 saturated heterocycles. The maximum Gasteiger partial charge on any atom is 0.253 e. The molecule has 3 aromatic heterocycles. The molecule has 0 aromatic carbocycles. The van der Waals surface area contributed by atoms with Crippen molar-refractivity contribution in [3.05, 3.63) is 47.1 Å². The van der Waals surface area contributed by atoms with Gasteiger partial charge in [0.15, 0.2) is 0 Å². The van der Waals surface area contributed by atoms with Crippen LogP contribution in [0.25, 0.3) is 10.4 Å². The molecular formula is C17H17N5OS. The van der Waals surface area contributed by atoms with Crippen molar-refractivity contribution >= 4 is 28.9 Å². The molecule has 122 valence electrons. The van der Waals surface area contributed by atoms with Crippen LogP contribution < -0.4 is 10.6 Å². The van der Waals surface area contributed by atoms with Gasteiger partial charge in [0, 0.05) is 29.1 Å². The van der Waals surface area contributed by atoms with E-state index in [1.165, 1.54) is 0 Å². The summed E-state index contributed by atoms with van der Waals surface area (Å²) in [5.41, 5.74) is 1.51. The molecule has 0 fully saturated rings. The molecule has 0 unspecified atom stereocenters. The number of anilines is 2. The number of thiophene rings is 1. The molecule has 1 aliphatic rings. The summed E-state index contributed by atoms with van der Waals surface area (Å²) in [6, 6.07) is 7.80. The molecule has 0 atom stereocenters. The lowest BCUT2D eigenvalue weighted by Gasteiger charge is -2.17. The fraction of sp³-hybridized carbons (Fsp3) is 0.235. The maximum absolute atomic E-state index is 12.1. The molecule has 4 rings (SSSR count). The number of carbonyl (C=O) groups excluding carboxylic acids is 1. The Morgan fingerprint density at radius 2 is 2.08 bits per heavy atom. The summed E-state index contributed by atoms with van der Waals surface area (Å²) >= 11 is 1.65. The average Bonchev–Trinajstić information content (AvgIpc) is 3.19. The zero-order valence-electron chi connectivity index (χ0n) is 13.6. The smallest absolute Gasteiger partial charge is 0.253 e. The van der Waals surface area contributed by atoms with Gasteiger partial charge >= 0.3 is 0 Å². The predicted octanol–water partition coefficient (Wildman–Crippen LogP) is 3.27. The Balaban J connectivity index is 1.69. The number of rotatable bonds is 3. The molecular weight excluding hydrogens is 322 g/mol. The van der Waals surface area contributed by atoms with E-state index >= 15 is 0 Å². The third-order valence-electron chi connectivity index (χ3n) is 4.09. The normalized spacial score (nSPS) is 15.2. The van der Waals surface area contributed by atoms with E-state index in [0.717, 1.165) is 32.5 Å². The van der Waals surface area contributed by atoms with Crippen LogP contribution in [0.15, 0.2) is 36.7 Å². The van der Waals surface area contributed by atoms with Gasteiger partial charge in [-0.1, -0.05) is 0 Å². The highest BCUT2D eigenvalue weighted by atomic mass is 32.1. The molecule has 24 heavy (non-hydrogen) atoms. The summed E-state index contributed by atoms with van der Waals surface area (Å²) in [6.45, 7) is 4.05. The van der Waals surface area contributed by atoms with Crippen LogP contribution in [0.3, 0.4) is 0 Å². The van der Waals surface area contributed by atoms with Gasteiger partial charge in [-0.3, -0.25) is 9.48 Å². The number of hydrogen-bond acceptors (Lipinski definition) is 5. The summed E-state index contributed by atoms with van der Waals surface area (Å²) in [5.74, 6) is 1.61. The molecule has 4 heterocycles. The first-order chi connectivity index (χ1) is 11.4. The molecule has 2 N–H and O–H groups in total. The van der Waals surface area contributed by atoms with Crippen LogP contribution in [0, 0.1) is 0 Å². The van der Waals surface area contributed by atoms with E-state index in [1.54, 1.807) is 28.4 Å². The van der Waals surface area contributed by atoms with Crippen molar-refractivity contribution in [3.8, 4) is 10.4 Å². The van der Waals surface area contributed by atoms with E-state index in [-0.39, 0.29) is 11.4 Å². The minimum atomic E-state index is -0.307. The zero-order chi connectivity index (χ0) is 16.9. The van der Waals surface area contributed by atoms with Crippen molar-refractivity contribution in [1.82, 2.24) is 20.1 Å². The number of amides is 1. The van der Waals surface area contributed by atoms with Crippen molar-refractivity contribution < 1.29 is 4.79 Å². The maximum atomic E-state index is 12.1. The molecule has 1 amide bonds. The van der Waals surface area contributed by atoms with E-state index < -0.39 is 0 Å². The highest BCUT2D eigenvalue weighted by Crippen LogP contribution is 2.41. The van der Waals surface area contributed by atoms with Gasteiger partial charge in [-0.2, -0.15) is 5.10 Å². The number of carbonyl (C=O) groups is 1. The second kappa shape index (κ2) is 5.17. The fourth-order valence-corrected chi connectivity index (χ4v) is 4.06. The van der Waals surface area contributed by atoms with Crippen molar-refractivity contribution in [2.45, 2.75) is 19.4 Å². The minimum absolute atomic E-state index is 0.000195. The Kier molecular flexibility index (Phi) is 3.21. The number of nitrogens with one attached hydrogen (secondary N) is 2. The van der Waals surface area contributed by atoms with Gasteiger partial charge < -0.3 is 10.6 Å². The lowest BCUT2D eigenvalue weighted by Crippen LogP contribution is -2.32. The van der Waals surface area contributed by atoms with Gasteiger partial charge in [0.25, 0.3) is 5.91 Å². The summed E-state index contributed by atoms with van der Waals surface area (Å²) in [4.78, 5) is 18.6. The van der Waals surface area contributed by atoms with E-state index in [2.05, 4.69) is 20.7 Å². The largest absolute Gasteiger partial charge is 0.342 e. The van der Waals surface area contributed by atoms with Gasteiger partial charge in [-0.25, -0.2) is 4.98 Å². The molecule has 3 aromatic rings. The standard InChI is InChI=1S/C17H17N5OS/c1-17(2)15-11(16(23)21-17)9-12(24-15)10-4-6-18-13(8-10)20-14-5-7-19-22(14)3/h4-9H,1-3H3,(H,18,20)(H,21,23). The van der Waals surface area contributed by atoms with Gasteiger partial charge in [-0.15, -0.1) is 11.3 Å². The highest BCUT2D eigenvalue weighted by molar-refractivity contribution is 7.16. The van der Waals surface area contributed by atoms with Crippen molar-refractivity contribution in [3.63, 3.8) is 0 Å². The van der Waals surface area contributed by atoms with E-state index in [0.29, 0.717) is 0 Å². The summed E-state index contributed by atoms with van der Waals surface area (Å²) < 4.78 is 1.75. The Morgan fingerprint density at radius 1 is 1.25 bits per heavy atom. The van der Waals surface area contributed by atoms with E-state index in [1.807, 2.05) is 45.2 Å². The van der Waals surface area contributed by atoms with E-state index in [9.17, 15) is 4.79 Å². The Hall–Kier alpha value is -2.67. The number of aromatic nitrogens is 3. The zero-order valence-corrected chi connectivity index (χ0v) is 14.4. The Morgan fingerprint density at radius 3 is 2.79 bits per heavy atom. The summed E-state index contributed by atoms with van der Waals surface area (Å²) in [6.07, 6.45) is 3.50. The Labute approximate surface area is 143 Å². The average molecular weight is 339 g/mol. The Bertz CT molecular complexity index is 940. The number of hydrogen-bond donors (Lipinski definition) is 2. The molecule has 0 saturated carbocycles. The number of nitrogens with zero attached hydrogens (tertiary/aromatic N) is 3. The summed E-state index contributed by atoms with van der Waals surface area (Å²) in [7, 11) is 1.87. The SMILES string of the molecule is Cn1nccc1Nc1cc(-c2cc3c(s2)C(C)(C)NC3=O)ccn1. The van der Waals surface area contributed by atoms with Gasteiger partial charge in [0.05, 0.1) is 17.3 Å². The lowest BCUT2D eigenvalue weighted by atomic mass is 10.0. The van der Waals surface area contributed by atoms with Gasteiger partial charge in [0.2, 0.25) is 0 Å². The molecule has 0 spiro atoms. The van der Waals surface area contributed by atoms with Crippen molar-refractivity contribution in [2.24, 2.45) is 7.05 Å². The third-order valence-corrected chi connectivity index (χ3v) is 5.60. The van der Waals surface area contributed by atoms with Gasteiger partial charge in [0.1, 0.15) is 11.6 Å². The van der Waals surface area contributed by atoms with Crippen LogP contribution in [0.5, 0.6) is 0 Å². The third kappa shape index (κ3) is 2.37. The van der Waals surface area contributed by atoms with Gasteiger partial charge in [-0.05, 0) is 37.6 Å². The number of pyridine rings is 1. The first kappa shape index (κ1) is 14.9. The predicted molar refractivity (Wildman–Crippen MR) is 94.5 cm³/mol. The molecule has 7 heteroatoms. The van der Waals surface area contributed by atoms with Crippen LogP contribution in [-0.4, -0.2) is 20.7 Å². The second-order valence-electron chi connectivity index (χ2n) is 6.33. The van der Waals surface area contributed by atoms with Crippen LogP contribution in [-0.2, 0) is 12.6 Å². The monoisotopic (exact) mass is 339 g/mol. The minimum Gasteiger partial charge on any atom is -0.342 e. The topological polar surface area (TPSA) is 71.8 Å². The van der Waals surface area contributed by atoms with Crippen LogP contribution in [0.1, 0.15) is 29.1 Å². The molecule has 6 nitrogen and oxygen atoms in total. The molecule has 1 aliphatic heterocycles.